The van der Waals surface area contributed by atoms with E-state index in [0.717, 1.165) is 0 Å². The first-order valence-electron chi connectivity index (χ1n) is 5.33. The summed E-state index contributed by atoms with van der Waals surface area (Å²) in [6, 6.07) is -1.11. The third kappa shape index (κ3) is 8.05. The lowest BCUT2D eigenvalue weighted by atomic mass is 10.1. The van der Waals surface area contributed by atoms with Gasteiger partial charge in [-0.05, 0) is 33.6 Å². The van der Waals surface area contributed by atoms with Crippen molar-refractivity contribution in [1.82, 2.24) is 10.6 Å². The van der Waals surface area contributed by atoms with Crippen LogP contribution in [-0.2, 0) is 4.79 Å². The number of primary amides is 1. The summed E-state index contributed by atoms with van der Waals surface area (Å²) < 4.78 is 0. The van der Waals surface area contributed by atoms with Gasteiger partial charge >= 0.3 is 6.03 Å². The SMILES string of the molecule is CC(C)(C)NC(=O)[C@H](N)CCCNC(N)=O. The second kappa shape index (κ2) is 6.32. The highest BCUT2D eigenvalue weighted by Gasteiger charge is 2.18. The molecule has 0 saturated carbocycles. The van der Waals surface area contributed by atoms with Crippen LogP contribution in [0.15, 0.2) is 0 Å². The van der Waals surface area contributed by atoms with E-state index in [9.17, 15) is 9.59 Å². The van der Waals surface area contributed by atoms with Crippen molar-refractivity contribution in [3.8, 4) is 0 Å². The van der Waals surface area contributed by atoms with Crippen LogP contribution in [0.2, 0.25) is 0 Å². The van der Waals surface area contributed by atoms with Crippen molar-refractivity contribution in [2.75, 3.05) is 6.54 Å². The first-order chi connectivity index (χ1) is 7.22. The molecule has 0 aromatic carbocycles. The van der Waals surface area contributed by atoms with E-state index in [1.54, 1.807) is 0 Å². The summed E-state index contributed by atoms with van der Waals surface area (Å²) >= 11 is 0. The minimum Gasteiger partial charge on any atom is -0.352 e. The fourth-order valence-electron chi connectivity index (χ4n) is 1.13. The van der Waals surface area contributed by atoms with Crippen LogP contribution in [-0.4, -0.2) is 30.1 Å². The number of carbonyl (C=O) groups excluding carboxylic acids is 2. The van der Waals surface area contributed by atoms with Crippen LogP contribution in [0.4, 0.5) is 4.79 Å². The van der Waals surface area contributed by atoms with E-state index in [4.69, 9.17) is 11.5 Å². The van der Waals surface area contributed by atoms with Crippen LogP contribution in [0.25, 0.3) is 0 Å². The third-order valence-corrected chi connectivity index (χ3v) is 1.83. The maximum absolute atomic E-state index is 11.5. The third-order valence-electron chi connectivity index (χ3n) is 1.83. The van der Waals surface area contributed by atoms with Crippen LogP contribution < -0.4 is 22.1 Å². The normalized spacial score (nSPS) is 13.0. The summed E-state index contributed by atoms with van der Waals surface area (Å²) in [4.78, 5) is 21.9. The van der Waals surface area contributed by atoms with Crippen molar-refractivity contribution in [3.05, 3.63) is 0 Å². The summed E-state index contributed by atoms with van der Waals surface area (Å²) in [5.74, 6) is -0.174. The molecule has 6 nitrogen and oxygen atoms in total. The van der Waals surface area contributed by atoms with Gasteiger partial charge < -0.3 is 22.1 Å². The Morgan fingerprint density at radius 2 is 1.88 bits per heavy atom. The van der Waals surface area contributed by atoms with E-state index in [1.807, 2.05) is 20.8 Å². The summed E-state index contributed by atoms with van der Waals surface area (Å²) in [5, 5.41) is 5.23. The number of hydrogen-bond donors (Lipinski definition) is 4. The average molecular weight is 230 g/mol. The Hall–Kier alpha value is -1.30. The van der Waals surface area contributed by atoms with Crippen LogP contribution >= 0.6 is 0 Å². The topological polar surface area (TPSA) is 110 Å². The van der Waals surface area contributed by atoms with Gasteiger partial charge in [-0.1, -0.05) is 0 Å². The van der Waals surface area contributed by atoms with E-state index >= 15 is 0 Å². The molecule has 0 aliphatic carbocycles. The lowest BCUT2D eigenvalue weighted by Crippen LogP contribution is -2.49. The molecule has 0 aromatic heterocycles. The van der Waals surface area contributed by atoms with E-state index in [-0.39, 0.29) is 11.4 Å². The molecule has 0 aliphatic heterocycles. The monoisotopic (exact) mass is 230 g/mol. The highest BCUT2D eigenvalue weighted by Crippen LogP contribution is 2.01. The van der Waals surface area contributed by atoms with Gasteiger partial charge in [0.05, 0.1) is 6.04 Å². The zero-order chi connectivity index (χ0) is 12.8. The predicted molar refractivity (Wildman–Crippen MR) is 62.7 cm³/mol. The number of hydrogen-bond acceptors (Lipinski definition) is 3. The van der Waals surface area contributed by atoms with Crippen molar-refractivity contribution in [2.45, 2.75) is 45.2 Å². The van der Waals surface area contributed by atoms with Crippen molar-refractivity contribution >= 4 is 11.9 Å². The lowest BCUT2D eigenvalue weighted by molar-refractivity contribution is -0.123. The summed E-state index contributed by atoms with van der Waals surface area (Å²) in [6.45, 7) is 6.12. The molecule has 0 fully saturated rings. The molecule has 16 heavy (non-hydrogen) atoms. The summed E-state index contributed by atoms with van der Waals surface area (Å²) in [7, 11) is 0. The molecule has 0 unspecified atom stereocenters. The molecule has 0 rings (SSSR count). The maximum Gasteiger partial charge on any atom is 0.312 e. The number of urea groups is 1. The molecule has 0 radical (unpaired) electrons. The number of rotatable bonds is 5. The Morgan fingerprint density at radius 1 is 1.31 bits per heavy atom. The smallest absolute Gasteiger partial charge is 0.312 e. The minimum atomic E-state index is -0.562. The number of nitrogens with two attached hydrogens (primary N) is 2. The second-order valence-corrected chi connectivity index (χ2v) is 4.78. The molecule has 6 heteroatoms. The van der Waals surface area contributed by atoms with E-state index in [0.29, 0.717) is 19.4 Å². The van der Waals surface area contributed by atoms with Gasteiger partial charge in [-0.2, -0.15) is 0 Å². The Labute approximate surface area is 96.1 Å². The molecule has 94 valence electrons. The zero-order valence-corrected chi connectivity index (χ0v) is 10.2. The van der Waals surface area contributed by atoms with Crippen molar-refractivity contribution in [3.63, 3.8) is 0 Å². The Morgan fingerprint density at radius 3 is 2.31 bits per heavy atom. The summed E-state index contributed by atoms with van der Waals surface area (Å²) in [6.07, 6.45) is 1.14. The molecular formula is C10H22N4O2. The number of carbonyl (C=O) groups is 2. The zero-order valence-electron chi connectivity index (χ0n) is 10.2. The standard InChI is InChI=1S/C10H22N4O2/c1-10(2,3)14-8(15)7(11)5-4-6-13-9(12)16/h7H,4-6,11H2,1-3H3,(H,14,15)(H3,12,13,16)/t7-/m1/s1. The Balaban J connectivity index is 3.76. The summed E-state index contributed by atoms with van der Waals surface area (Å²) in [5.41, 5.74) is 10.3. The van der Waals surface area contributed by atoms with E-state index in [2.05, 4.69) is 10.6 Å². The lowest BCUT2D eigenvalue weighted by Gasteiger charge is -2.23. The molecule has 0 aromatic rings. The van der Waals surface area contributed by atoms with Gasteiger partial charge in [0.15, 0.2) is 0 Å². The average Bonchev–Trinajstić information content (AvgIpc) is 2.08. The Bertz CT molecular complexity index is 248. The quantitative estimate of drug-likeness (QED) is 0.486. The highest BCUT2D eigenvalue weighted by atomic mass is 16.2. The van der Waals surface area contributed by atoms with E-state index in [1.165, 1.54) is 0 Å². The van der Waals surface area contributed by atoms with Crippen LogP contribution in [0, 0.1) is 0 Å². The Kier molecular flexibility index (Phi) is 5.81. The first-order valence-corrected chi connectivity index (χ1v) is 5.33. The molecule has 0 heterocycles. The number of amides is 3. The maximum atomic E-state index is 11.5. The molecule has 0 bridgehead atoms. The van der Waals surface area contributed by atoms with Gasteiger partial charge in [0.1, 0.15) is 0 Å². The van der Waals surface area contributed by atoms with Crippen LogP contribution in [0.1, 0.15) is 33.6 Å². The van der Waals surface area contributed by atoms with Gasteiger partial charge in [-0.15, -0.1) is 0 Å². The predicted octanol–water partition coefficient (Wildman–Crippen LogP) is -0.323. The van der Waals surface area contributed by atoms with Crippen LogP contribution in [0.5, 0.6) is 0 Å². The van der Waals surface area contributed by atoms with Crippen LogP contribution in [0.3, 0.4) is 0 Å². The molecule has 1 atom stereocenters. The van der Waals surface area contributed by atoms with Gasteiger partial charge in [0.2, 0.25) is 5.91 Å². The molecule has 3 amide bonds. The van der Waals surface area contributed by atoms with Crippen molar-refractivity contribution in [2.24, 2.45) is 11.5 Å². The molecule has 0 aliphatic rings. The van der Waals surface area contributed by atoms with Gasteiger partial charge in [-0.3, -0.25) is 4.79 Å². The number of nitrogens with one attached hydrogen (secondary N) is 2. The fourth-order valence-corrected chi connectivity index (χ4v) is 1.13. The minimum absolute atomic E-state index is 0.174. The highest BCUT2D eigenvalue weighted by molar-refractivity contribution is 5.82. The largest absolute Gasteiger partial charge is 0.352 e. The van der Waals surface area contributed by atoms with Gasteiger partial charge in [0.25, 0.3) is 0 Å². The first kappa shape index (κ1) is 14.7. The second-order valence-electron chi connectivity index (χ2n) is 4.78. The molecule has 6 N–H and O–H groups in total. The molecular weight excluding hydrogens is 208 g/mol. The van der Waals surface area contributed by atoms with Crippen molar-refractivity contribution in [1.29, 1.82) is 0 Å². The fraction of sp³-hybridized carbons (Fsp3) is 0.800. The molecule has 0 spiro atoms. The molecule has 0 saturated heterocycles. The van der Waals surface area contributed by atoms with E-state index < -0.39 is 12.1 Å². The van der Waals surface area contributed by atoms with Gasteiger partial charge in [-0.25, -0.2) is 4.79 Å². The van der Waals surface area contributed by atoms with Gasteiger partial charge in [0, 0.05) is 12.1 Å². The van der Waals surface area contributed by atoms with Crippen molar-refractivity contribution < 1.29 is 9.59 Å².